The molecule has 1 aliphatic heterocycles. The maximum absolute atomic E-state index is 10.1. The lowest BCUT2D eigenvalue weighted by Gasteiger charge is -2.26. The van der Waals surface area contributed by atoms with Crippen LogP contribution in [0.2, 0.25) is 0 Å². The van der Waals surface area contributed by atoms with Crippen molar-refractivity contribution >= 4 is 10.8 Å². The second kappa shape index (κ2) is 6.89. The van der Waals surface area contributed by atoms with Crippen molar-refractivity contribution in [3.8, 4) is 5.75 Å². The van der Waals surface area contributed by atoms with Gasteiger partial charge >= 0.3 is 0 Å². The average Bonchev–Trinajstić information content (AvgIpc) is 2.54. The maximum Gasteiger partial charge on any atom is 0.120 e. The van der Waals surface area contributed by atoms with E-state index in [-0.39, 0.29) is 0 Å². The summed E-state index contributed by atoms with van der Waals surface area (Å²) in [7, 11) is 0. The Morgan fingerprint density at radius 1 is 1.10 bits per heavy atom. The van der Waals surface area contributed by atoms with E-state index in [0.29, 0.717) is 12.3 Å². The third kappa shape index (κ3) is 3.53. The van der Waals surface area contributed by atoms with E-state index >= 15 is 0 Å². The van der Waals surface area contributed by atoms with E-state index in [1.807, 2.05) is 18.2 Å². The second-order valence-electron chi connectivity index (χ2n) is 5.42. The van der Waals surface area contributed by atoms with Gasteiger partial charge in [-0.3, -0.25) is 4.90 Å². The predicted molar refractivity (Wildman–Crippen MR) is 84.6 cm³/mol. The monoisotopic (exact) mass is 286 g/mol. The fraction of sp³-hybridized carbons (Fsp3) is 0.412. The summed E-state index contributed by atoms with van der Waals surface area (Å²) < 4.78 is 5.34. The van der Waals surface area contributed by atoms with Crippen molar-refractivity contribution in [2.75, 3.05) is 39.4 Å². The Morgan fingerprint density at radius 3 is 2.76 bits per heavy atom. The number of nitrogens with one attached hydrogen (secondary N) is 1. The first-order chi connectivity index (χ1) is 10.3. The lowest BCUT2D eigenvalue weighted by atomic mass is 10.0. The van der Waals surface area contributed by atoms with Crippen molar-refractivity contribution in [1.82, 2.24) is 10.2 Å². The number of ether oxygens (including phenoxy) is 1. The SMILES string of the molecule is Oc1ccc2ccccc2c1CNCCN1CCOCC1. The molecule has 0 aliphatic carbocycles. The fourth-order valence-corrected chi connectivity index (χ4v) is 2.79. The van der Waals surface area contributed by atoms with Crippen LogP contribution in [0.3, 0.4) is 0 Å². The van der Waals surface area contributed by atoms with E-state index in [4.69, 9.17) is 4.74 Å². The summed E-state index contributed by atoms with van der Waals surface area (Å²) in [4.78, 5) is 2.40. The molecule has 21 heavy (non-hydrogen) atoms. The lowest BCUT2D eigenvalue weighted by molar-refractivity contribution is 0.0384. The molecule has 2 N–H and O–H groups in total. The molecular weight excluding hydrogens is 264 g/mol. The molecule has 1 heterocycles. The van der Waals surface area contributed by atoms with Crippen LogP contribution < -0.4 is 5.32 Å². The zero-order valence-corrected chi connectivity index (χ0v) is 12.2. The highest BCUT2D eigenvalue weighted by molar-refractivity contribution is 5.87. The van der Waals surface area contributed by atoms with Crippen molar-refractivity contribution < 1.29 is 9.84 Å². The fourth-order valence-electron chi connectivity index (χ4n) is 2.79. The highest BCUT2D eigenvalue weighted by Crippen LogP contribution is 2.26. The van der Waals surface area contributed by atoms with Gasteiger partial charge in [-0.25, -0.2) is 0 Å². The largest absolute Gasteiger partial charge is 0.508 e. The van der Waals surface area contributed by atoms with Gasteiger partial charge in [-0.2, -0.15) is 0 Å². The van der Waals surface area contributed by atoms with E-state index in [9.17, 15) is 5.11 Å². The molecule has 0 unspecified atom stereocenters. The van der Waals surface area contributed by atoms with E-state index in [1.165, 1.54) is 5.39 Å². The smallest absolute Gasteiger partial charge is 0.120 e. The van der Waals surface area contributed by atoms with E-state index < -0.39 is 0 Å². The molecule has 3 rings (SSSR count). The van der Waals surface area contributed by atoms with Crippen LogP contribution in [0.4, 0.5) is 0 Å². The summed E-state index contributed by atoms with van der Waals surface area (Å²) in [5.41, 5.74) is 0.982. The van der Waals surface area contributed by atoms with Gasteiger partial charge in [-0.1, -0.05) is 30.3 Å². The van der Waals surface area contributed by atoms with E-state index in [2.05, 4.69) is 22.3 Å². The standard InChI is InChI=1S/C17H22N2O2/c20-17-6-5-14-3-1-2-4-15(14)16(17)13-18-7-8-19-9-11-21-12-10-19/h1-6,18,20H,7-13H2. The Kier molecular flexibility index (Phi) is 4.70. The number of benzene rings is 2. The lowest BCUT2D eigenvalue weighted by Crippen LogP contribution is -2.40. The molecule has 0 bridgehead atoms. The average molecular weight is 286 g/mol. The molecule has 112 valence electrons. The molecule has 1 fully saturated rings. The van der Waals surface area contributed by atoms with Crippen molar-refractivity contribution in [3.05, 3.63) is 42.0 Å². The van der Waals surface area contributed by atoms with Crippen LogP contribution in [0.15, 0.2) is 36.4 Å². The highest BCUT2D eigenvalue weighted by atomic mass is 16.5. The second-order valence-corrected chi connectivity index (χ2v) is 5.42. The number of rotatable bonds is 5. The molecule has 0 atom stereocenters. The molecule has 0 radical (unpaired) electrons. The number of hydrogen-bond donors (Lipinski definition) is 2. The minimum atomic E-state index is 0.368. The number of phenols is 1. The van der Waals surface area contributed by atoms with Gasteiger partial charge in [0.2, 0.25) is 0 Å². The summed E-state index contributed by atoms with van der Waals surface area (Å²) in [6, 6.07) is 11.9. The van der Waals surface area contributed by atoms with E-state index in [0.717, 1.165) is 50.3 Å². The Hall–Kier alpha value is -1.62. The van der Waals surface area contributed by atoms with Crippen LogP contribution in [0, 0.1) is 0 Å². The normalized spacial score (nSPS) is 16.4. The number of phenolic OH excluding ortho intramolecular Hbond substituents is 1. The number of fused-ring (bicyclic) bond motifs is 1. The molecule has 0 saturated carbocycles. The third-order valence-corrected chi connectivity index (χ3v) is 4.03. The van der Waals surface area contributed by atoms with Gasteiger partial charge in [0.1, 0.15) is 5.75 Å². The summed E-state index contributed by atoms with van der Waals surface area (Å²) in [5, 5.41) is 15.8. The van der Waals surface area contributed by atoms with Gasteiger partial charge in [0.05, 0.1) is 13.2 Å². The Bertz CT molecular complexity index is 594. The predicted octanol–water partition coefficient (Wildman–Crippen LogP) is 1.97. The molecule has 2 aromatic rings. The Labute approximate surface area is 125 Å². The van der Waals surface area contributed by atoms with Crippen LogP contribution in [-0.2, 0) is 11.3 Å². The molecule has 0 aromatic heterocycles. The topological polar surface area (TPSA) is 44.7 Å². The number of aromatic hydroxyl groups is 1. The molecule has 4 nitrogen and oxygen atoms in total. The summed E-state index contributed by atoms with van der Waals surface area (Å²) >= 11 is 0. The molecule has 1 saturated heterocycles. The van der Waals surface area contributed by atoms with Gasteiger partial charge in [0, 0.05) is 38.3 Å². The van der Waals surface area contributed by atoms with Gasteiger partial charge in [-0.05, 0) is 16.8 Å². The van der Waals surface area contributed by atoms with Gasteiger partial charge in [-0.15, -0.1) is 0 Å². The zero-order valence-electron chi connectivity index (χ0n) is 12.2. The minimum absolute atomic E-state index is 0.368. The van der Waals surface area contributed by atoms with Gasteiger partial charge in [0.25, 0.3) is 0 Å². The van der Waals surface area contributed by atoms with Gasteiger partial charge in [0.15, 0.2) is 0 Å². The Balaban J connectivity index is 1.58. The minimum Gasteiger partial charge on any atom is -0.508 e. The van der Waals surface area contributed by atoms with Crippen molar-refractivity contribution in [2.45, 2.75) is 6.54 Å². The number of hydrogen-bond acceptors (Lipinski definition) is 4. The Morgan fingerprint density at radius 2 is 1.90 bits per heavy atom. The van der Waals surface area contributed by atoms with Crippen LogP contribution in [0.25, 0.3) is 10.8 Å². The van der Waals surface area contributed by atoms with E-state index in [1.54, 1.807) is 6.07 Å². The van der Waals surface area contributed by atoms with Crippen molar-refractivity contribution in [3.63, 3.8) is 0 Å². The zero-order chi connectivity index (χ0) is 14.5. The molecular formula is C17H22N2O2. The molecule has 0 amide bonds. The first-order valence-corrected chi connectivity index (χ1v) is 7.55. The molecule has 1 aliphatic rings. The van der Waals surface area contributed by atoms with Crippen molar-refractivity contribution in [2.24, 2.45) is 0 Å². The number of nitrogens with zero attached hydrogens (tertiary/aromatic N) is 1. The highest BCUT2D eigenvalue weighted by Gasteiger charge is 2.10. The quantitative estimate of drug-likeness (QED) is 0.825. The van der Waals surface area contributed by atoms with Gasteiger partial charge < -0.3 is 15.2 Å². The van der Waals surface area contributed by atoms with Crippen LogP contribution >= 0.6 is 0 Å². The summed E-state index contributed by atoms with van der Waals surface area (Å²) in [6.45, 7) is 6.34. The first-order valence-electron chi connectivity index (χ1n) is 7.55. The molecule has 2 aromatic carbocycles. The molecule has 4 heteroatoms. The third-order valence-electron chi connectivity index (χ3n) is 4.03. The van der Waals surface area contributed by atoms with Crippen LogP contribution in [0.5, 0.6) is 5.75 Å². The van der Waals surface area contributed by atoms with Crippen LogP contribution in [-0.4, -0.2) is 49.4 Å². The summed E-state index contributed by atoms with van der Waals surface area (Å²) in [6.07, 6.45) is 0. The summed E-state index contributed by atoms with van der Waals surface area (Å²) in [5.74, 6) is 0.368. The van der Waals surface area contributed by atoms with Crippen molar-refractivity contribution in [1.29, 1.82) is 0 Å². The first kappa shape index (κ1) is 14.3. The van der Waals surface area contributed by atoms with Crippen LogP contribution in [0.1, 0.15) is 5.56 Å². The molecule has 0 spiro atoms. The number of morpholine rings is 1. The maximum atomic E-state index is 10.1.